The smallest absolute Gasteiger partial charge is 0.311 e. The lowest BCUT2D eigenvalue weighted by Gasteiger charge is -2.37. The van der Waals surface area contributed by atoms with Gasteiger partial charge >= 0.3 is 5.69 Å². The van der Waals surface area contributed by atoms with Gasteiger partial charge in [0.05, 0.1) is 11.0 Å². The molecule has 0 aromatic carbocycles. The molecule has 2 bridgehead atoms. The van der Waals surface area contributed by atoms with Gasteiger partial charge in [-0.3, -0.25) is 10.1 Å². The summed E-state index contributed by atoms with van der Waals surface area (Å²) >= 11 is 0. The molecule has 1 aromatic rings. The van der Waals surface area contributed by atoms with E-state index in [0.717, 1.165) is 12.8 Å². The molecule has 0 amide bonds. The van der Waals surface area contributed by atoms with E-state index in [2.05, 4.69) is 4.98 Å². The number of piperidine rings is 1. The molecule has 96 valence electrons. The summed E-state index contributed by atoms with van der Waals surface area (Å²) in [4.78, 5) is 16.9. The van der Waals surface area contributed by atoms with Crippen molar-refractivity contribution in [3.05, 3.63) is 28.4 Å². The quantitative estimate of drug-likeness (QED) is 0.634. The van der Waals surface area contributed by atoms with Crippen molar-refractivity contribution in [2.45, 2.75) is 43.9 Å². The first-order valence-corrected chi connectivity index (χ1v) is 6.22. The van der Waals surface area contributed by atoms with Crippen molar-refractivity contribution in [2.75, 3.05) is 4.90 Å². The molecular formula is C12H15N3O3. The van der Waals surface area contributed by atoms with Gasteiger partial charge in [-0.25, -0.2) is 4.98 Å². The Balaban J connectivity index is 1.99. The van der Waals surface area contributed by atoms with Gasteiger partial charge in [-0.1, -0.05) is 0 Å². The summed E-state index contributed by atoms with van der Waals surface area (Å²) < 4.78 is 0. The van der Waals surface area contributed by atoms with Crippen molar-refractivity contribution in [1.29, 1.82) is 0 Å². The number of aromatic nitrogens is 1. The zero-order valence-corrected chi connectivity index (χ0v) is 9.90. The first kappa shape index (κ1) is 11.4. The Bertz CT molecular complexity index is 465. The van der Waals surface area contributed by atoms with Crippen molar-refractivity contribution < 1.29 is 10.0 Å². The number of nitrogens with zero attached hydrogens (tertiary/aromatic N) is 3. The van der Waals surface area contributed by atoms with E-state index in [1.165, 1.54) is 6.07 Å². The molecule has 3 heterocycles. The molecule has 0 radical (unpaired) electrons. The topological polar surface area (TPSA) is 79.5 Å². The molecule has 6 nitrogen and oxygen atoms in total. The molecule has 0 spiro atoms. The molecule has 3 rings (SSSR count). The van der Waals surface area contributed by atoms with Gasteiger partial charge in [-0.05, 0) is 31.7 Å². The third kappa shape index (κ3) is 1.73. The third-order valence-corrected chi connectivity index (χ3v) is 3.92. The zero-order valence-electron chi connectivity index (χ0n) is 9.90. The average molecular weight is 249 g/mol. The number of hydrogen-bond donors (Lipinski definition) is 1. The van der Waals surface area contributed by atoms with Crippen molar-refractivity contribution in [3.63, 3.8) is 0 Å². The molecule has 2 aliphatic heterocycles. The number of nitro groups is 1. The van der Waals surface area contributed by atoms with E-state index in [1.807, 2.05) is 4.90 Å². The Labute approximate surface area is 104 Å². The minimum Gasteiger partial charge on any atom is -0.393 e. The Hall–Kier alpha value is -1.69. The van der Waals surface area contributed by atoms with Gasteiger partial charge < -0.3 is 10.0 Å². The molecule has 2 unspecified atom stereocenters. The first-order valence-electron chi connectivity index (χ1n) is 6.22. The minimum atomic E-state index is -0.382. The van der Waals surface area contributed by atoms with Crippen LogP contribution in [0.3, 0.4) is 0 Å². The summed E-state index contributed by atoms with van der Waals surface area (Å²) in [6, 6.07) is 3.45. The second kappa shape index (κ2) is 4.20. The number of aliphatic hydroxyl groups excluding tert-OH is 1. The predicted molar refractivity (Wildman–Crippen MR) is 65.4 cm³/mol. The summed E-state index contributed by atoms with van der Waals surface area (Å²) in [5.41, 5.74) is 0.0609. The van der Waals surface area contributed by atoms with E-state index >= 15 is 0 Å². The van der Waals surface area contributed by atoms with Crippen LogP contribution >= 0.6 is 0 Å². The first-order chi connectivity index (χ1) is 8.66. The van der Waals surface area contributed by atoms with Crippen LogP contribution in [0.2, 0.25) is 0 Å². The summed E-state index contributed by atoms with van der Waals surface area (Å²) in [7, 11) is 0. The normalized spacial score (nSPS) is 30.5. The maximum atomic E-state index is 11.1. The van der Waals surface area contributed by atoms with Crippen LogP contribution in [-0.2, 0) is 0 Å². The van der Waals surface area contributed by atoms with Gasteiger partial charge in [0.15, 0.2) is 0 Å². The second-order valence-electron chi connectivity index (χ2n) is 5.02. The average Bonchev–Trinajstić information content (AvgIpc) is 2.61. The van der Waals surface area contributed by atoms with Crippen LogP contribution in [0, 0.1) is 10.1 Å². The van der Waals surface area contributed by atoms with E-state index in [1.54, 1.807) is 12.3 Å². The standard InChI is InChI=1S/C12H15N3O3/c16-10-6-8-3-4-9(7-10)14(8)12-11(15(17)18)2-1-5-13-12/h1-2,5,8-10,16H,3-4,6-7H2. The highest BCUT2D eigenvalue weighted by Gasteiger charge is 2.43. The number of pyridine rings is 1. The number of rotatable bonds is 2. The Morgan fingerprint density at radius 2 is 2.06 bits per heavy atom. The van der Waals surface area contributed by atoms with Crippen LogP contribution < -0.4 is 4.90 Å². The molecule has 0 saturated carbocycles. The van der Waals surface area contributed by atoms with E-state index in [9.17, 15) is 15.2 Å². The number of anilines is 1. The zero-order chi connectivity index (χ0) is 12.7. The van der Waals surface area contributed by atoms with Crippen molar-refractivity contribution in [2.24, 2.45) is 0 Å². The van der Waals surface area contributed by atoms with Gasteiger partial charge in [-0.2, -0.15) is 0 Å². The Morgan fingerprint density at radius 1 is 1.39 bits per heavy atom. The molecule has 2 atom stereocenters. The SMILES string of the molecule is O=[N+]([O-])c1cccnc1N1C2CCC1CC(O)C2. The largest absolute Gasteiger partial charge is 0.393 e. The lowest BCUT2D eigenvalue weighted by atomic mass is 10.00. The van der Waals surface area contributed by atoms with Crippen LogP contribution in [0.1, 0.15) is 25.7 Å². The van der Waals surface area contributed by atoms with Crippen LogP contribution in [0.15, 0.2) is 18.3 Å². The Morgan fingerprint density at radius 3 is 2.67 bits per heavy atom. The molecule has 18 heavy (non-hydrogen) atoms. The third-order valence-electron chi connectivity index (χ3n) is 3.92. The molecular weight excluding hydrogens is 234 g/mol. The van der Waals surface area contributed by atoms with E-state index in [-0.39, 0.29) is 28.8 Å². The fourth-order valence-electron chi connectivity index (χ4n) is 3.22. The van der Waals surface area contributed by atoms with Crippen molar-refractivity contribution in [3.8, 4) is 0 Å². The van der Waals surface area contributed by atoms with Crippen LogP contribution in [-0.4, -0.2) is 33.2 Å². The number of hydrogen-bond acceptors (Lipinski definition) is 5. The predicted octanol–water partition coefficient (Wildman–Crippen LogP) is 1.48. The highest BCUT2D eigenvalue weighted by molar-refractivity contribution is 5.59. The summed E-state index contributed by atoms with van der Waals surface area (Å²) in [5.74, 6) is 0.460. The van der Waals surface area contributed by atoms with Crippen molar-refractivity contribution >= 4 is 11.5 Å². The lowest BCUT2D eigenvalue weighted by molar-refractivity contribution is -0.384. The highest BCUT2D eigenvalue weighted by Crippen LogP contribution is 2.41. The lowest BCUT2D eigenvalue weighted by Crippen LogP contribution is -2.45. The number of fused-ring (bicyclic) bond motifs is 2. The molecule has 2 fully saturated rings. The maximum Gasteiger partial charge on any atom is 0.311 e. The molecule has 1 N–H and O–H groups in total. The van der Waals surface area contributed by atoms with Gasteiger partial charge in [0.2, 0.25) is 5.82 Å². The highest BCUT2D eigenvalue weighted by atomic mass is 16.6. The second-order valence-corrected chi connectivity index (χ2v) is 5.02. The molecule has 2 aliphatic rings. The minimum absolute atomic E-state index is 0.0609. The molecule has 6 heteroatoms. The van der Waals surface area contributed by atoms with Gasteiger partial charge in [-0.15, -0.1) is 0 Å². The van der Waals surface area contributed by atoms with Crippen LogP contribution in [0.4, 0.5) is 11.5 Å². The number of aliphatic hydroxyl groups is 1. The van der Waals surface area contributed by atoms with Gasteiger partial charge in [0.1, 0.15) is 0 Å². The fraction of sp³-hybridized carbons (Fsp3) is 0.583. The maximum absolute atomic E-state index is 11.1. The van der Waals surface area contributed by atoms with Crippen LogP contribution in [0.5, 0.6) is 0 Å². The summed E-state index contributed by atoms with van der Waals surface area (Å²) in [5, 5.41) is 20.8. The monoisotopic (exact) mass is 249 g/mol. The van der Waals surface area contributed by atoms with Crippen LogP contribution in [0.25, 0.3) is 0 Å². The van der Waals surface area contributed by atoms with Gasteiger partial charge in [0.25, 0.3) is 0 Å². The molecule has 1 aromatic heterocycles. The van der Waals surface area contributed by atoms with E-state index < -0.39 is 0 Å². The summed E-state index contributed by atoms with van der Waals surface area (Å²) in [6.45, 7) is 0. The van der Waals surface area contributed by atoms with Crippen molar-refractivity contribution in [1.82, 2.24) is 4.98 Å². The molecule has 0 aliphatic carbocycles. The fourth-order valence-corrected chi connectivity index (χ4v) is 3.22. The molecule has 2 saturated heterocycles. The van der Waals surface area contributed by atoms with E-state index in [0.29, 0.717) is 18.7 Å². The summed E-state index contributed by atoms with van der Waals surface area (Å²) in [6.07, 6.45) is 4.65. The Kier molecular flexibility index (Phi) is 2.66. The van der Waals surface area contributed by atoms with E-state index in [4.69, 9.17) is 0 Å². The van der Waals surface area contributed by atoms with Gasteiger partial charge in [0, 0.05) is 24.3 Å².